The molecule has 0 nitrogen and oxygen atoms in total. The number of thiocarbonyl (C=S) groups is 1. The van der Waals surface area contributed by atoms with Gasteiger partial charge in [0.2, 0.25) is 0 Å². The predicted octanol–water partition coefficient (Wildman–Crippen LogP) is 3.20. The van der Waals surface area contributed by atoms with E-state index in [9.17, 15) is 0 Å². The summed E-state index contributed by atoms with van der Waals surface area (Å²) in [5.74, 6) is 3.98. The van der Waals surface area contributed by atoms with Crippen LogP contribution in [-0.2, 0) is 0 Å². The fourth-order valence-electron chi connectivity index (χ4n) is 3.87. The van der Waals surface area contributed by atoms with Crippen LogP contribution in [0.3, 0.4) is 0 Å². The van der Waals surface area contributed by atoms with E-state index in [2.05, 4.69) is 0 Å². The van der Waals surface area contributed by atoms with Crippen LogP contribution in [0.25, 0.3) is 0 Å². The Balaban J connectivity index is 1.95. The van der Waals surface area contributed by atoms with Crippen LogP contribution in [0.1, 0.15) is 38.5 Å². The Hall–Kier alpha value is 0.0900. The molecule has 4 saturated carbocycles. The summed E-state index contributed by atoms with van der Waals surface area (Å²) in [6.45, 7) is 0. The van der Waals surface area contributed by atoms with E-state index in [0.29, 0.717) is 0 Å². The summed E-state index contributed by atoms with van der Waals surface area (Å²) in [7, 11) is 0. The number of hydrogen-bond donors (Lipinski definition) is 0. The topological polar surface area (TPSA) is 0 Å². The van der Waals surface area contributed by atoms with Crippen LogP contribution in [0.5, 0.6) is 0 Å². The Kier molecular flexibility index (Phi) is 1.58. The molecule has 4 aliphatic rings. The van der Waals surface area contributed by atoms with Crippen molar-refractivity contribution >= 4 is 17.1 Å². The second-order valence-corrected chi connectivity index (χ2v) is 5.67. The van der Waals surface area contributed by atoms with E-state index in [1.807, 2.05) is 0 Å². The van der Waals surface area contributed by atoms with E-state index < -0.39 is 0 Å². The zero-order valence-electron chi connectivity index (χ0n) is 7.46. The van der Waals surface area contributed by atoms with Crippen LogP contribution >= 0.6 is 12.2 Å². The zero-order chi connectivity index (χ0) is 8.13. The summed E-state index contributed by atoms with van der Waals surface area (Å²) in [6, 6.07) is 0. The third-order valence-corrected chi connectivity index (χ3v) is 4.68. The van der Waals surface area contributed by atoms with Crippen molar-refractivity contribution in [3.05, 3.63) is 0 Å². The van der Waals surface area contributed by atoms with Crippen molar-refractivity contribution in [2.45, 2.75) is 38.5 Å². The summed E-state index contributed by atoms with van der Waals surface area (Å²) < 4.78 is 0. The van der Waals surface area contributed by atoms with Gasteiger partial charge >= 0.3 is 0 Å². The van der Waals surface area contributed by atoms with Crippen molar-refractivity contribution in [1.29, 1.82) is 0 Å². The minimum atomic E-state index is 0.858. The molecule has 0 radical (unpaired) electrons. The number of fused-ring (bicyclic) bond motifs is 1. The van der Waals surface area contributed by atoms with E-state index in [0.717, 1.165) is 23.7 Å². The van der Waals surface area contributed by atoms with Gasteiger partial charge in [-0.05, 0) is 67.1 Å². The highest BCUT2D eigenvalue weighted by atomic mass is 32.1. The lowest BCUT2D eigenvalue weighted by Gasteiger charge is -2.38. The first-order valence-corrected chi connectivity index (χ1v) is 5.75. The molecule has 0 saturated heterocycles. The quantitative estimate of drug-likeness (QED) is 0.516. The third kappa shape index (κ3) is 1.06. The summed E-state index contributed by atoms with van der Waals surface area (Å²) in [5, 5.41) is 0. The molecule has 66 valence electrons. The van der Waals surface area contributed by atoms with E-state index >= 15 is 0 Å². The molecular formula is C11H16S. The molecule has 0 spiro atoms. The molecule has 0 amide bonds. The maximum atomic E-state index is 5.50. The highest BCUT2D eigenvalue weighted by molar-refractivity contribution is 7.80. The van der Waals surface area contributed by atoms with Gasteiger partial charge in [0.1, 0.15) is 0 Å². The van der Waals surface area contributed by atoms with E-state index in [1.165, 1.54) is 43.4 Å². The highest BCUT2D eigenvalue weighted by Crippen LogP contribution is 2.50. The lowest BCUT2D eigenvalue weighted by molar-refractivity contribution is 0.140. The largest absolute Gasteiger partial charge is 0.0894 e. The van der Waals surface area contributed by atoms with Crippen molar-refractivity contribution in [3.8, 4) is 0 Å². The summed E-state index contributed by atoms with van der Waals surface area (Å²) >= 11 is 5.50. The fraction of sp³-hybridized carbons (Fsp3) is 0.909. The van der Waals surface area contributed by atoms with E-state index in [1.54, 1.807) is 0 Å². The van der Waals surface area contributed by atoms with Crippen LogP contribution < -0.4 is 0 Å². The Bertz CT molecular complexity index is 207. The van der Waals surface area contributed by atoms with Gasteiger partial charge in [-0.1, -0.05) is 12.2 Å². The second kappa shape index (κ2) is 2.54. The van der Waals surface area contributed by atoms with Gasteiger partial charge in [0, 0.05) is 0 Å². The van der Waals surface area contributed by atoms with Crippen LogP contribution in [0, 0.1) is 23.7 Å². The molecular weight excluding hydrogens is 164 g/mol. The Labute approximate surface area is 79.7 Å². The normalized spacial score (nSPS) is 51.2. The van der Waals surface area contributed by atoms with Gasteiger partial charge in [-0.15, -0.1) is 0 Å². The van der Waals surface area contributed by atoms with Crippen molar-refractivity contribution in [2.75, 3.05) is 0 Å². The van der Waals surface area contributed by atoms with Crippen molar-refractivity contribution in [1.82, 2.24) is 0 Å². The predicted molar refractivity (Wildman–Crippen MR) is 54.3 cm³/mol. The molecule has 0 aromatic heterocycles. The minimum absolute atomic E-state index is 0.858. The van der Waals surface area contributed by atoms with Crippen molar-refractivity contribution < 1.29 is 0 Å². The molecule has 12 heavy (non-hydrogen) atoms. The molecule has 0 heterocycles. The maximum absolute atomic E-state index is 5.50. The SMILES string of the molecule is S=C1CC2CC3CC(C2)CC1C3. The molecule has 4 aliphatic carbocycles. The first-order valence-electron chi connectivity index (χ1n) is 5.34. The standard InChI is InChI=1S/C11H16S/c12-11-6-9-2-7-1-8(3-9)5-10(11)4-7/h7-10H,1-6H2. The number of rotatable bonds is 0. The average Bonchev–Trinajstić information content (AvgIpc) is 2.16. The monoisotopic (exact) mass is 180 g/mol. The third-order valence-electron chi connectivity index (χ3n) is 4.18. The van der Waals surface area contributed by atoms with Crippen molar-refractivity contribution in [2.24, 2.45) is 23.7 Å². The van der Waals surface area contributed by atoms with Gasteiger partial charge in [0.05, 0.1) is 0 Å². The van der Waals surface area contributed by atoms with Gasteiger partial charge < -0.3 is 0 Å². The highest BCUT2D eigenvalue weighted by Gasteiger charge is 2.41. The Morgan fingerprint density at radius 3 is 2.08 bits per heavy atom. The smallest absolute Gasteiger partial charge is 0.00376 e. The first-order chi connectivity index (χ1) is 5.81. The van der Waals surface area contributed by atoms with Gasteiger partial charge in [0.15, 0.2) is 0 Å². The van der Waals surface area contributed by atoms with Crippen LogP contribution in [0.4, 0.5) is 0 Å². The fourth-order valence-corrected chi connectivity index (χ4v) is 4.30. The van der Waals surface area contributed by atoms with Crippen LogP contribution in [0.2, 0.25) is 0 Å². The second-order valence-electron chi connectivity index (χ2n) is 5.14. The Morgan fingerprint density at radius 2 is 1.42 bits per heavy atom. The van der Waals surface area contributed by atoms with Gasteiger partial charge in [-0.3, -0.25) is 0 Å². The van der Waals surface area contributed by atoms with E-state index in [4.69, 9.17) is 12.2 Å². The van der Waals surface area contributed by atoms with Gasteiger partial charge in [-0.25, -0.2) is 0 Å². The first kappa shape index (κ1) is 7.49. The molecule has 2 atom stereocenters. The Morgan fingerprint density at radius 1 is 0.833 bits per heavy atom. The van der Waals surface area contributed by atoms with Crippen LogP contribution in [0.15, 0.2) is 0 Å². The molecule has 0 aromatic rings. The summed E-state index contributed by atoms with van der Waals surface area (Å²) in [5.41, 5.74) is 0. The van der Waals surface area contributed by atoms with Crippen molar-refractivity contribution in [3.63, 3.8) is 0 Å². The molecule has 0 aromatic carbocycles. The molecule has 0 aliphatic heterocycles. The lowest BCUT2D eigenvalue weighted by Crippen LogP contribution is -2.27. The molecule has 0 N–H and O–H groups in total. The maximum Gasteiger partial charge on any atom is -0.00376 e. The molecule has 4 bridgehead atoms. The molecule has 4 rings (SSSR count). The molecule has 4 fully saturated rings. The van der Waals surface area contributed by atoms with Gasteiger partial charge in [-0.2, -0.15) is 0 Å². The molecule has 1 heteroatoms. The molecule has 2 unspecified atom stereocenters. The van der Waals surface area contributed by atoms with Crippen LogP contribution in [-0.4, -0.2) is 4.86 Å². The summed E-state index contributed by atoms with van der Waals surface area (Å²) in [6.07, 6.45) is 8.75. The summed E-state index contributed by atoms with van der Waals surface area (Å²) in [4.78, 5) is 1.43. The van der Waals surface area contributed by atoms with E-state index in [-0.39, 0.29) is 0 Å². The lowest BCUT2D eigenvalue weighted by atomic mass is 9.68. The van der Waals surface area contributed by atoms with Gasteiger partial charge in [0.25, 0.3) is 0 Å². The minimum Gasteiger partial charge on any atom is -0.0894 e. The average molecular weight is 180 g/mol. The zero-order valence-corrected chi connectivity index (χ0v) is 8.28. The number of hydrogen-bond acceptors (Lipinski definition) is 1.